The van der Waals surface area contributed by atoms with Crippen molar-refractivity contribution in [2.75, 3.05) is 13.1 Å². The van der Waals surface area contributed by atoms with Crippen LogP contribution in [0.5, 0.6) is 0 Å². The SMILES string of the molecule is CCCNCC(O)Cc1ccc(Cl)cc1F. The van der Waals surface area contributed by atoms with Gasteiger partial charge < -0.3 is 10.4 Å². The Morgan fingerprint density at radius 3 is 2.88 bits per heavy atom. The predicted octanol–water partition coefficient (Wildman–Crippen LogP) is 2.38. The molecule has 0 aliphatic heterocycles. The molecule has 16 heavy (non-hydrogen) atoms. The molecule has 0 aliphatic carbocycles. The number of nitrogens with one attached hydrogen (secondary N) is 1. The fraction of sp³-hybridized carbons (Fsp3) is 0.500. The van der Waals surface area contributed by atoms with Gasteiger partial charge in [-0.25, -0.2) is 4.39 Å². The highest BCUT2D eigenvalue weighted by Crippen LogP contribution is 2.15. The topological polar surface area (TPSA) is 32.3 Å². The highest BCUT2D eigenvalue weighted by atomic mass is 35.5. The van der Waals surface area contributed by atoms with Crippen LogP contribution in [0, 0.1) is 5.82 Å². The second kappa shape index (κ2) is 6.84. The van der Waals surface area contributed by atoms with Gasteiger partial charge in [-0.05, 0) is 30.7 Å². The molecule has 0 fully saturated rings. The zero-order chi connectivity index (χ0) is 12.0. The van der Waals surface area contributed by atoms with Gasteiger partial charge in [-0.3, -0.25) is 0 Å². The Labute approximate surface area is 100 Å². The average molecular weight is 246 g/mol. The molecule has 1 atom stereocenters. The van der Waals surface area contributed by atoms with Crippen molar-refractivity contribution in [2.45, 2.75) is 25.9 Å². The Morgan fingerprint density at radius 2 is 2.25 bits per heavy atom. The van der Waals surface area contributed by atoms with Gasteiger partial charge in [-0.15, -0.1) is 0 Å². The van der Waals surface area contributed by atoms with E-state index in [0.717, 1.165) is 13.0 Å². The summed E-state index contributed by atoms with van der Waals surface area (Å²) in [6.45, 7) is 3.40. The van der Waals surface area contributed by atoms with Crippen molar-refractivity contribution in [1.82, 2.24) is 5.32 Å². The predicted molar refractivity (Wildman–Crippen MR) is 64.3 cm³/mol. The largest absolute Gasteiger partial charge is 0.391 e. The molecular formula is C12H17ClFNO. The maximum atomic E-state index is 13.4. The summed E-state index contributed by atoms with van der Waals surface area (Å²) in [4.78, 5) is 0. The van der Waals surface area contributed by atoms with Crippen LogP contribution in [0.4, 0.5) is 4.39 Å². The summed E-state index contributed by atoms with van der Waals surface area (Å²) in [7, 11) is 0. The minimum Gasteiger partial charge on any atom is -0.391 e. The molecule has 0 heterocycles. The fourth-order valence-electron chi connectivity index (χ4n) is 1.46. The lowest BCUT2D eigenvalue weighted by Gasteiger charge is -2.12. The number of rotatable bonds is 6. The lowest BCUT2D eigenvalue weighted by molar-refractivity contribution is 0.171. The second-order valence-electron chi connectivity index (χ2n) is 3.80. The molecule has 1 rings (SSSR count). The zero-order valence-electron chi connectivity index (χ0n) is 9.34. The van der Waals surface area contributed by atoms with Crippen LogP contribution in [0.15, 0.2) is 18.2 Å². The molecule has 1 aromatic carbocycles. The Hall–Kier alpha value is -0.640. The van der Waals surface area contributed by atoms with Gasteiger partial charge in [-0.1, -0.05) is 24.6 Å². The highest BCUT2D eigenvalue weighted by Gasteiger charge is 2.09. The summed E-state index contributed by atoms with van der Waals surface area (Å²) in [5.74, 6) is -0.359. The van der Waals surface area contributed by atoms with Crippen molar-refractivity contribution < 1.29 is 9.50 Å². The molecule has 4 heteroatoms. The molecule has 2 N–H and O–H groups in total. The van der Waals surface area contributed by atoms with Crippen molar-refractivity contribution in [3.8, 4) is 0 Å². The minimum atomic E-state index is -0.567. The van der Waals surface area contributed by atoms with E-state index in [1.54, 1.807) is 12.1 Å². The zero-order valence-corrected chi connectivity index (χ0v) is 10.1. The van der Waals surface area contributed by atoms with Crippen LogP contribution in [0.2, 0.25) is 5.02 Å². The Morgan fingerprint density at radius 1 is 1.50 bits per heavy atom. The molecule has 0 saturated carbocycles. The van der Waals surface area contributed by atoms with Crippen molar-refractivity contribution >= 4 is 11.6 Å². The monoisotopic (exact) mass is 245 g/mol. The van der Waals surface area contributed by atoms with Gasteiger partial charge in [0.05, 0.1) is 6.10 Å². The lowest BCUT2D eigenvalue weighted by Crippen LogP contribution is -2.29. The number of hydrogen-bond acceptors (Lipinski definition) is 2. The molecule has 0 bridgehead atoms. The fourth-order valence-corrected chi connectivity index (χ4v) is 1.62. The van der Waals surface area contributed by atoms with Gasteiger partial charge >= 0.3 is 0 Å². The van der Waals surface area contributed by atoms with Crippen molar-refractivity contribution in [3.63, 3.8) is 0 Å². The van der Waals surface area contributed by atoms with Crippen LogP contribution in [0.3, 0.4) is 0 Å². The number of benzene rings is 1. The van der Waals surface area contributed by atoms with E-state index in [9.17, 15) is 9.50 Å². The van der Waals surface area contributed by atoms with Gasteiger partial charge in [0.15, 0.2) is 0 Å². The van der Waals surface area contributed by atoms with Crippen molar-refractivity contribution in [1.29, 1.82) is 0 Å². The standard InChI is InChI=1S/C12H17ClFNO/c1-2-5-15-8-11(16)6-9-3-4-10(13)7-12(9)14/h3-4,7,11,15-16H,2,5-6,8H2,1H3. The van der Waals surface area contributed by atoms with Crippen LogP contribution in [-0.2, 0) is 6.42 Å². The summed E-state index contributed by atoms with van der Waals surface area (Å²) in [6.07, 6.45) is 0.754. The first kappa shape index (κ1) is 13.4. The van der Waals surface area contributed by atoms with E-state index in [2.05, 4.69) is 12.2 Å². The Balaban J connectivity index is 2.46. The van der Waals surface area contributed by atoms with E-state index in [1.807, 2.05) is 0 Å². The van der Waals surface area contributed by atoms with Crippen molar-refractivity contribution in [3.05, 3.63) is 34.6 Å². The van der Waals surface area contributed by atoms with Crippen LogP contribution in [-0.4, -0.2) is 24.3 Å². The van der Waals surface area contributed by atoms with E-state index in [4.69, 9.17) is 11.6 Å². The molecule has 0 radical (unpaired) electrons. The summed E-state index contributed by atoms with van der Waals surface area (Å²) in [5, 5.41) is 13.1. The van der Waals surface area contributed by atoms with E-state index >= 15 is 0 Å². The molecule has 1 aromatic rings. The summed E-state index contributed by atoms with van der Waals surface area (Å²) in [6, 6.07) is 4.51. The van der Waals surface area contributed by atoms with Gasteiger partial charge in [0.1, 0.15) is 5.82 Å². The lowest BCUT2D eigenvalue weighted by atomic mass is 10.1. The molecule has 0 spiro atoms. The first-order valence-electron chi connectivity index (χ1n) is 5.46. The van der Waals surface area contributed by atoms with Crippen molar-refractivity contribution in [2.24, 2.45) is 0 Å². The Bertz CT molecular complexity index is 333. The van der Waals surface area contributed by atoms with Gasteiger partial charge in [-0.2, -0.15) is 0 Å². The minimum absolute atomic E-state index is 0.305. The van der Waals surface area contributed by atoms with Crippen LogP contribution >= 0.6 is 11.6 Å². The third kappa shape index (κ3) is 4.47. The number of aliphatic hydroxyl groups excluding tert-OH is 1. The number of hydrogen-bond donors (Lipinski definition) is 2. The number of aliphatic hydroxyl groups is 1. The summed E-state index contributed by atoms with van der Waals surface area (Å²) in [5.41, 5.74) is 0.496. The summed E-state index contributed by atoms with van der Waals surface area (Å²) >= 11 is 5.64. The maximum Gasteiger partial charge on any atom is 0.127 e. The van der Waals surface area contributed by atoms with Crippen LogP contribution in [0.25, 0.3) is 0 Å². The van der Waals surface area contributed by atoms with Crippen LogP contribution in [0.1, 0.15) is 18.9 Å². The maximum absolute atomic E-state index is 13.4. The smallest absolute Gasteiger partial charge is 0.127 e. The summed E-state index contributed by atoms with van der Waals surface area (Å²) < 4.78 is 13.4. The van der Waals surface area contributed by atoms with Gasteiger partial charge in [0.2, 0.25) is 0 Å². The first-order valence-corrected chi connectivity index (χ1v) is 5.84. The first-order chi connectivity index (χ1) is 7.63. The van der Waals surface area contributed by atoms with E-state index < -0.39 is 6.10 Å². The molecule has 1 unspecified atom stereocenters. The number of halogens is 2. The van der Waals surface area contributed by atoms with E-state index in [1.165, 1.54) is 6.07 Å². The van der Waals surface area contributed by atoms with Crippen LogP contribution < -0.4 is 5.32 Å². The Kier molecular flexibility index (Phi) is 5.74. The molecule has 0 aromatic heterocycles. The third-order valence-electron chi connectivity index (χ3n) is 2.28. The van der Waals surface area contributed by atoms with E-state index in [-0.39, 0.29) is 5.82 Å². The van der Waals surface area contributed by atoms with E-state index in [0.29, 0.717) is 23.6 Å². The molecular weight excluding hydrogens is 229 g/mol. The molecule has 90 valence electrons. The molecule has 2 nitrogen and oxygen atoms in total. The third-order valence-corrected chi connectivity index (χ3v) is 2.51. The second-order valence-corrected chi connectivity index (χ2v) is 4.23. The average Bonchev–Trinajstić information content (AvgIpc) is 2.23. The quantitative estimate of drug-likeness (QED) is 0.755. The molecule has 0 saturated heterocycles. The van der Waals surface area contributed by atoms with Gasteiger partial charge in [0, 0.05) is 18.0 Å². The highest BCUT2D eigenvalue weighted by molar-refractivity contribution is 6.30. The molecule has 0 amide bonds. The molecule has 0 aliphatic rings. The normalized spacial score (nSPS) is 12.8. The van der Waals surface area contributed by atoms with Gasteiger partial charge in [0.25, 0.3) is 0 Å².